The van der Waals surface area contributed by atoms with Gasteiger partial charge < -0.3 is 10.6 Å². The van der Waals surface area contributed by atoms with Gasteiger partial charge in [-0.15, -0.1) is 0 Å². The number of carbonyl (C=O) groups is 1. The van der Waals surface area contributed by atoms with Crippen molar-refractivity contribution in [2.75, 3.05) is 10.6 Å². The molecule has 0 fully saturated rings. The Balaban J connectivity index is 1.92. The fraction of sp³-hybridized carbons (Fsp3) is 0.154. The quantitative estimate of drug-likeness (QED) is 0.861. The van der Waals surface area contributed by atoms with Gasteiger partial charge in [-0.3, -0.25) is 9.78 Å². The maximum Gasteiger partial charge on any atom is 0.221 e. The lowest BCUT2D eigenvalue weighted by atomic mass is 10.3. The van der Waals surface area contributed by atoms with E-state index in [0.29, 0.717) is 12.2 Å². The van der Waals surface area contributed by atoms with E-state index in [1.807, 2.05) is 18.2 Å². The van der Waals surface area contributed by atoms with E-state index in [4.69, 9.17) is 0 Å². The lowest BCUT2D eigenvalue weighted by molar-refractivity contribution is -0.114. The maximum atomic E-state index is 10.8. The summed E-state index contributed by atoms with van der Waals surface area (Å²) >= 11 is 0. The molecule has 2 N–H and O–H groups in total. The Kier molecular flexibility index (Phi) is 3.86. The van der Waals surface area contributed by atoms with Crippen LogP contribution in [0.1, 0.15) is 12.5 Å². The highest BCUT2D eigenvalue weighted by Gasteiger charge is 1.98. The molecule has 18 heavy (non-hydrogen) atoms. The van der Waals surface area contributed by atoms with Crippen molar-refractivity contribution >= 4 is 17.4 Å². The van der Waals surface area contributed by atoms with Crippen molar-refractivity contribution in [2.24, 2.45) is 0 Å². The highest BCUT2D eigenvalue weighted by Crippen LogP contribution is 2.10. The molecule has 0 saturated heterocycles. The number of amides is 1. The van der Waals surface area contributed by atoms with Crippen LogP contribution in [0.4, 0.5) is 11.5 Å². The monoisotopic (exact) mass is 242 g/mol. The number of hydrogen-bond acceptors (Lipinski definition) is 4. The Labute approximate surface area is 105 Å². The summed E-state index contributed by atoms with van der Waals surface area (Å²) in [5, 5.41) is 5.84. The lowest BCUT2D eigenvalue weighted by Crippen LogP contribution is -2.06. The van der Waals surface area contributed by atoms with E-state index in [-0.39, 0.29) is 5.91 Å². The van der Waals surface area contributed by atoms with Gasteiger partial charge in [-0.1, -0.05) is 6.07 Å². The van der Waals surface area contributed by atoms with Crippen LogP contribution >= 0.6 is 0 Å². The van der Waals surface area contributed by atoms with Crippen LogP contribution in [0.3, 0.4) is 0 Å². The highest BCUT2D eigenvalue weighted by molar-refractivity contribution is 5.88. The molecule has 2 aromatic rings. The summed E-state index contributed by atoms with van der Waals surface area (Å²) in [5.74, 6) is 0.654. The predicted octanol–water partition coefficient (Wildman–Crippen LogP) is 2.05. The van der Waals surface area contributed by atoms with Crippen molar-refractivity contribution in [3.63, 3.8) is 0 Å². The smallest absolute Gasteiger partial charge is 0.221 e. The Morgan fingerprint density at radius 2 is 2.17 bits per heavy atom. The molecule has 0 unspecified atom stereocenters. The minimum absolute atomic E-state index is 0.104. The van der Waals surface area contributed by atoms with E-state index in [2.05, 4.69) is 20.6 Å². The molecule has 0 aromatic carbocycles. The fourth-order valence-electron chi connectivity index (χ4n) is 1.47. The topological polar surface area (TPSA) is 66.9 Å². The largest absolute Gasteiger partial charge is 0.366 e. The van der Waals surface area contributed by atoms with Crippen LogP contribution in [0.2, 0.25) is 0 Å². The SMILES string of the molecule is CC(=O)Nc1ccc(NCc2cccnc2)nc1. The van der Waals surface area contributed by atoms with Crippen LogP contribution in [0.5, 0.6) is 0 Å². The third-order valence-electron chi connectivity index (χ3n) is 2.28. The number of rotatable bonds is 4. The summed E-state index contributed by atoms with van der Waals surface area (Å²) in [6, 6.07) is 7.51. The average molecular weight is 242 g/mol. The van der Waals surface area contributed by atoms with Crippen molar-refractivity contribution < 1.29 is 4.79 Å². The molecule has 1 amide bonds. The Morgan fingerprint density at radius 3 is 2.78 bits per heavy atom. The molecule has 0 bridgehead atoms. The van der Waals surface area contributed by atoms with Gasteiger partial charge in [0, 0.05) is 25.9 Å². The summed E-state index contributed by atoms with van der Waals surface area (Å²) < 4.78 is 0. The summed E-state index contributed by atoms with van der Waals surface area (Å²) in [6.07, 6.45) is 5.16. The highest BCUT2D eigenvalue weighted by atomic mass is 16.1. The Morgan fingerprint density at radius 1 is 1.28 bits per heavy atom. The predicted molar refractivity (Wildman–Crippen MR) is 70.1 cm³/mol. The summed E-state index contributed by atoms with van der Waals surface area (Å²) in [5.41, 5.74) is 1.78. The molecule has 2 heterocycles. The molecule has 2 rings (SSSR count). The van der Waals surface area contributed by atoms with E-state index in [0.717, 1.165) is 11.4 Å². The van der Waals surface area contributed by atoms with E-state index in [9.17, 15) is 4.79 Å². The molecule has 0 aliphatic carbocycles. The van der Waals surface area contributed by atoms with Gasteiger partial charge in [0.1, 0.15) is 5.82 Å². The third kappa shape index (κ3) is 3.55. The zero-order chi connectivity index (χ0) is 12.8. The molecule has 92 valence electrons. The Hall–Kier alpha value is -2.43. The van der Waals surface area contributed by atoms with Gasteiger partial charge in [0.15, 0.2) is 0 Å². The third-order valence-corrected chi connectivity index (χ3v) is 2.28. The zero-order valence-electron chi connectivity index (χ0n) is 10.1. The normalized spacial score (nSPS) is 9.83. The second-order valence-electron chi connectivity index (χ2n) is 3.83. The van der Waals surface area contributed by atoms with Gasteiger partial charge in [-0.2, -0.15) is 0 Å². The molecule has 5 nitrogen and oxygen atoms in total. The molecule has 0 radical (unpaired) electrons. The van der Waals surface area contributed by atoms with E-state index in [1.165, 1.54) is 6.92 Å². The van der Waals surface area contributed by atoms with Crippen LogP contribution in [-0.2, 0) is 11.3 Å². The first-order chi connectivity index (χ1) is 8.74. The van der Waals surface area contributed by atoms with E-state index in [1.54, 1.807) is 24.7 Å². The van der Waals surface area contributed by atoms with E-state index >= 15 is 0 Å². The molecule has 0 saturated carbocycles. The number of anilines is 2. The van der Waals surface area contributed by atoms with Crippen LogP contribution < -0.4 is 10.6 Å². The maximum absolute atomic E-state index is 10.8. The molecule has 2 aromatic heterocycles. The van der Waals surface area contributed by atoms with Gasteiger partial charge >= 0.3 is 0 Å². The minimum Gasteiger partial charge on any atom is -0.366 e. The molecular weight excluding hydrogens is 228 g/mol. The first kappa shape index (κ1) is 12.0. The van der Waals surface area contributed by atoms with Crippen LogP contribution in [-0.4, -0.2) is 15.9 Å². The van der Waals surface area contributed by atoms with Gasteiger partial charge in [0.2, 0.25) is 5.91 Å². The first-order valence-electron chi connectivity index (χ1n) is 5.60. The van der Waals surface area contributed by atoms with E-state index < -0.39 is 0 Å². The van der Waals surface area contributed by atoms with Crippen molar-refractivity contribution in [3.05, 3.63) is 48.4 Å². The number of nitrogens with zero attached hydrogens (tertiary/aromatic N) is 2. The number of carbonyl (C=O) groups excluding carboxylic acids is 1. The molecular formula is C13H14N4O. The summed E-state index contributed by atoms with van der Waals surface area (Å²) in [6.45, 7) is 2.13. The summed E-state index contributed by atoms with van der Waals surface area (Å²) in [7, 11) is 0. The van der Waals surface area contributed by atoms with Crippen LogP contribution in [0.15, 0.2) is 42.9 Å². The van der Waals surface area contributed by atoms with Crippen molar-refractivity contribution in [3.8, 4) is 0 Å². The van der Waals surface area contributed by atoms with Crippen molar-refractivity contribution in [1.82, 2.24) is 9.97 Å². The lowest BCUT2D eigenvalue weighted by Gasteiger charge is -2.06. The molecule has 0 atom stereocenters. The number of pyridine rings is 2. The van der Waals surface area contributed by atoms with Gasteiger partial charge in [-0.25, -0.2) is 4.98 Å². The number of nitrogens with one attached hydrogen (secondary N) is 2. The zero-order valence-corrected chi connectivity index (χ0v) is 10.1. The molecule has 0 aliphatic heterocycles. The summed E-state index contributed by atoms with van der Waals surface area (Å²) in [4.78, 5) is 19.1. The van der Waals surface area contributed by atoms with Gasteiger partial charge in [0.25, 0.3) is 0 Å². The minimum atomic E-state index is -0.104. The molecule has 0 aliphatic rings. The van der Waals surface area contributed by atoms with Crippen molar-refractivity contribution in [2.45, 2.75) is 13.5 Å². The fourth-order valence-corrected chi connectivity index (χ4v) is 1.47. The number of aromatic nitrogens is 2. The van der Waals surface area contributed by atoms with Crippen LogP contribution in [0, 0.1) is 0 Å². The molecule has 0 spiro atoms. The second kappa shape index (κ2) is 5.77. The Bertz CT molecular complexity index is 510. The van der Waals surface area contributed by atoms with Crippen molar-refractivity contribution in [1.29, 1.82) is 0 Å². The standard InChI is InChI=1S/C13H14N4O/c1-10(18)17-12-4-5-13(16-9-12)15-8-11-3-2-6-14-7-11/h2-7,9H,8H2,1H3,(H,15,16)(H,17,18). The average Bonchev–Trinajstić information content (AvgIpc) is 2.38. The second-order valence-corrected chi connectivity index (χ2v) is 3.83. The first-order valence-corrected chi connectivity index (χ1v) is 5.60. The number of hydrogen-bond donors (Lipinski definition) is 2. The van der Waals surface area contributed by atoms with Gasteiger partial charge in [-0.05, 0) is 23.8 Å². The van der Waals surface area contributed by atoms with Crippen LogP contribution in [0.25, 0.3) is 0 Å². The molecule has 5 heteroatoms. The van der Waals surface area contributed by atoms with Gasteiger partial charge in [0.05, 0.1) is 11.9 Å².